The normalized spacial score (nSPS) is 10.1. The van der Waals surface area contributed by atoms with Crippen molar-refractivity contribution in [3.63, 3.8) is 0 Å². The van der Waals surface area contributed by atoms with Crippen molar-refractivity contribution in [2.75, 3.05) is 19.0 Å². The molecule has 0 aromatic carbocycles. The smallest absolute Gasteiger partial charge is 0.356 e. The number of aryl methyl sites for hydroxylation is 1. The van der Waals surface area contributed by atoms with E-state index in [1.807, 2.05) is 18.2 Å². The molecule has 120 valence electrons. The van der Waals surface area contributed by atoms with Crippen molar-refractivity contribution in [1.29, 1.82) is 0 Å². The quantitative estimate of drug-likeness (QED) is 0.361. The Labute approximate surface area is 132 Å². The summed E-state index contributed by atoms with van der Waals surface area (Å²) in [6.45, 7) is 0.467. The highest BCUT2D eigenvalue weighted by Gasteiger charge is 2.18. The third-order valence-electron chi connectivity index (χ3n) is 3.09. The molecule has 23 heavy (non-hydrogen) atoms. The fourth-order valence-electron chi connectivity index (χ4n) is 1.97. The maximum absolute atomic E-state index is 11.5. The van der Waals surface area contributed by atoms with Crippen LogP contribution in [-0.4, -0.2) is 34.5 Å². The second kappa shape index (κ2) is 7.83. The molecule has 2 rings (SSSR count). The molecule has 0 atom stereocenters. The number of esters is 1. The van der Waals surface area contributed by atoms with Crippen LogP contribution < -0.4 is 5.32 Å². The van der Waals surface area contributed by atoms with Crippen LogP contribution in [0.25, 0.3) is 0 Å². The molecule has 8 heteroatoms. The maximum atomic E-state index is 11.5. The summed E-state index contributed by atoms with van der Waals surface area (Å²) in [5.74, 6) is -0.588. The molecule has 0 aliphatic rings. The number of nitrogens with zero attached hydrogens (tertiary/aromatic N) is 3. The van der Waals surface area contributed by atoms with Crippen LogP contribution in [0.2, 0.25) is 0 Å². The Morgan fingerprint density at radius 2 is 2.17 bits per heavy atom. The van der Waals surface area contributed by atoms with Crippen molar-refractivity contribution < 1.29 is 14.5 Å². The summed E-state index contributed by atoms with van der Waals surface area (Å²) in [6.07, 6.45) is 3.17. The van der Waals surface area contributed by atoms with Gasteiger partial charge < -0.3 is 10.1 Å². The summed E-state index contributed by atoms with van der Waals surface area (Å²) >= 11 is 0. The van der Waals surface area contributed by atoms with Crippen LogP contribution in [0, 0.1) is 10.1 Å². The lowest BCUT2D eigenvalue weighted by molar-refractivity contribution is -0.384. The predicted molar refractivity (Wildman–Crippen MR) is 83.3 cm³/mol. The number of nitrogens with one attached hydrogen (secondary N) is 1. The van der Waals surface area contributed by atoms with Crippen molar-refractivity contribution in [3.8, 4) is 0 Å². The number of nitro groups is 1. The fourth-order valence-corrected chi connectivity index (χ4v) is 1.97. The molecular formula is C15H16N4O4. The topological polar surface area (TPSA) is 107 Å². The Hall–Kier alpha value is -3.03. The molecule has 0 aliphatic heterocycles. The number of rotatable bonds is 7. The van der Waals surface area contributed by atoms with E-state index in [9.17, 15) is 14.9 Å². The minimum atomic E-state index is -0.642. The summed E-state index contributed by atoms with van der Waals surface area (Å²) in [5.41, 5.74) is 0.779. The van der Waals surface area contributed by atoms with E-state index in [2.05, 4.69) is 20.0 Å². The van der Waals surface area contributed by atoms with Gasteiger partial charge in [0.2, 0.25) is 5.82 Å². The molecule has 0 unspecified atom stereocenters. The molecule has 1 N–H and O–H groups in total. The van der Waals surface area contributed by atoms with E-state index in [4.69, 9.17) is 0 Å². The molecule has 0 saturated carbocycles. The first kappa shape index (κ1) is 16.3. The van der Waals surface area contributed by atoms with Gasteiger partial charge in [0, 0.05) is 24.5 Å². The van der Waals surface area contributed by atoms with E-state index in [1.165, 1.54) is 19.2 Å². The minimum absolute atomic E-state index is 0.0188. The van der Waals surface area contributed by atoms with Crippen molar-refractivity contribution in [2.45, 2.75) is 12.8 Å². The van der Waals surface area contributed by atoms with Gasteiger partial charge >= 0.3 is 11.7 Å². The Bertz CT molecular complexity index is 691. The Kier molecular flexibility index (Phi) is 5.56. The summed E-state index contributed by atoms with van der Waals surface area (Å²) in [5, 5.41) is 13.9. The van der Waals surface area contributed by atoms with Crippen LogP contribution in [0.3, 0.4) is 0 Å². The van der Waals surface area contributed by atoms with E-state index < -0.39 is 10.9 Å². The van der Waals surface area contributed by atoms with Crippen LogP contribution in [0.15, 0.2) is 36.5 Å². The zero-order valence-electron chi connectivity index (χ0n) is 12.6. The minimum Gasteiger partial charge on any atom is -0.464 e. The number of carbonyl (C=O) groups excluding carboxylic acids is 1. The van der Waals surface area contributed by atoms with Gasteiger partial charge in [0.25, 0.3) is 0 Å². The van der Waals surface area contributed by atoms with Crippen LogP contribution in [-0.2, 0) is 11.2 Å². The van der Waals surface area contributed by atoms with E-state index in [1.54, 1.807) is 6.20 Å². The average molecular weight is 316 g/mol. The molecule has 2 heterocycles. The van der Waals surface area contributed by atoms with E-state index >= 15 is 0 Å². The molecule has 0 spiro atoms. The van der Waals surface area contributed by atoms with Gasteiger partial charge in [-0.25, -0.2) is 9.78 Å². The Morgan fingerprint density at radius 3 is 2.83 bits per heavy atom. The molecule has 0 radical (unpaired) electrons. The molecule has 2 aromatic heterocycles. The second-order valence-electron chi connectivity index (χ2n) is 4.66. The van der Waals surface area contributed by atoms with E-state index in [0.29, 0.717) is 6.54 Å². The predicted octanol–water partition coefficient (Wildman–Crippen LogP) is 2.22. The molecule has 0 saturated heterocycles. The van der Waals surface area contributed by atoms with Crippen molar-refractivity contribution in [1.82, 2.24) is 9.97 Å². The molecule has 2 aromatic rings. The zero-order valence-corrected chi connectivity index (χ0v) is 12.6. The largest absolute Gasteiger partial charge is 0.464 e. The SMILES string of the molecule is COC(=O)c1ccc([N+](=O)[O-])c(NCCCc2ccccn2)n1. The Morgan fingerprint density at radius 1 is 1.35 bits per heavy atom. The summed E-state index contributed by atoms with van der Waals surface area (Å²) in [4.78, 5) is 30.1. The lowest BCUT2D eigenvalue weighted by atomic mass is 10.2. The number of methoxy groups -OCH3 is 1. The first-order valence-corrected chi connectivity index (χ1v) is 6.99. The summed E-state index contributed by atoms with van der Waals surface area (Å²) < 4.78 is 4.57. The maximum Gasteiger partial charge on any atom is 0.356 e. The third-order valence-corrected chi connectivity index (χ3v) is 3.09. The second-order valence-corrected chi connectivity index (χ2v) is 4.66. The first-order valence-electron chi connectivity index (χ1n) is 6.99. The van der Waals surface area contributed by atoms with E-state index in [-0.39, 0.29) is 17.2 Å². The van der Waals surface area contributed by atoms with Gasteiger partial charge in [0.1, 0.15) is 0 Å². The highest BCUT2D eigenvalue weighted by atomic mass is 16.6. The van der Waals surface area contributed by atoms with Crippen LogP contribution in [0.1, 0.15) is 22.6 Å². The third kappa shape index (κ3) is 4.47. The lowest BCUT2D eigenvalue weighted by Gasteiger charge is -2.07. The van der Waals surface area contributed by atoms with Gasteiger partial charge in [-0.2, -0.15) is 0 Å². The number of ether oxygens (including phenoxy) is 1. The average Bonchev–Trinajstić information content (AvgIpc) is 2.58. The van der Waals surface area contributed by atoms with Gasteiger partial charge in [0.05, 0.1) is 12.0 Å². The Balaban J connectivity index is 2.02. The van der Waals surface area contributed by atoms with Gasteiger partial charge in [-0.3, -0.25) is 15.1 Å². The number of carbonyl (C=O) groups is 1. The van der Waals surface area contributed by atoms with E-state index in [0.717, 1.165) is 18.5 Å². The van der Waals surface area contributed by atoms with Crippen molar-refractivity contribution in [2.24, 2.45) is 0 Å². The highest BCUT2D eigenvalue weighted by molar-refractivity contribution is 5.88. The zero-order chi connectivity index (χ0) is 16.7. The summed E-state index contributed by atoms with van der Waals surface area (Å²) in [7, 11) is 1.23. The number of anilines is 1. The lowest BCUT2D eigenvalue weighted by Crippen LogP contribution is -2.11. The van der Waals surface area contributed by atoms with Crippen LogP contribution in [0.5, 0.6) is 0 Å². The summed E-state index contributed by atoms with van der Waals surface area (Å²) in [6, 6.07) is 8.16. The fraction of sp³-hybridized carbons (Fsp3) is 0.267. The number of pyridine rings is 2. The molecule has 0 amide bonds. The number of hydrogen-bond donors (Lipinski definition) is 1. The standard InChI is InChI=1S/C15H16N4O4/c1-23-15(20)12-7-8-13(19(21)22)14(18-12)17-10-4-6-11-5-2-3-9-16-11/h2-3,5,7-9H,4,6,10H2,1H3,(H,17,18). The van der Waals surface area contributed by atoms with Gasteiger partial charge in [-0.15, -0.1) is 0 Å². The van der Waals surface area contributed by atoms with Crippen molar-refractivity contribution in [3.05, 3.63) is 58.0 Å². The van der Waals surface area contributed by atoms with Gasteiger partial charge in [-0.05, 0) is 31.0 Å². The number of hydrogen-bond acceptors (Lipinski definition) is 7. The van der Waals surface area contributed by atoms with Crippen LogP contribution >= 0.6 is 0 Å². The highest BCUT2D eigenvalue weighted by Crippen LogP contribution is 2.22. The molecule has 0 bridgehead atoms. The van der Waals surface area contributed by atoms with Gasteiger partial charge in [0.15, 0.2) is 5.69 Å². The molecule has 0 aliphatic carbocycles. The molecule has 8 nitrogen and oxygen atoms in total. The van der Waals surface area contributed by atoms with Gasteiger partial charge in [-0.1, -0.05) is 6.07 Å². The number of aromatic nitrogens is 2. The van der Waals surface area contributed by atoms with Crippen molar-refractivity contribution >= 4 is 17.5 Å². The first-order chi connectivity index (χ1) is 11.1. The molecular weight excluding hydrogens is 300 g/mol. The molecule has 0 fully saturated rings. The van der Waals surface area contributed by atoms with Crippen LogP contribution in [0.4, 0.5) is 11.5 Å². The monoisotopic (exact) mass is 316 g/mol.